The van der Waals surface area contributed by atoms with E-state index in [-0.39, 0.29) is 0 Å². The number of ether oxygens (including phenoxy) is 1. The lowest BCUT2D eigenvalue weighted by molar-refractivity contribution is 0.327. The third-order valence-corrected chi connectivity index (χ3v) is 1.32. The van der Waals surface area contributed by atoms with Gasteiger partial charge in [-0.3, -0.25) is 0 Å². The number of aromatic nitrogens is 1. The number of hydrogen-bond donors (Lipinski definition) is 1. The van der Waals surface area contributed by atoms with Crippen molar-refractivity contribution in [3.8, 4) is 5.88 Å². The van der Waals surface area contributed by atoms with Gasteiger partial charge in [-0.2, -0.15) is 0 Å². The van der Waals surface area contributed by atoms with Crippen LogP contribution in [-0.4, -0.2) is 18.6 Å². The Labute approximate surface area is 66.4 Å². The average Bonchev–Trinajstić information content (AvgIpc) is 2.06. The topological polar surface area (TPSA) is 34.1 Å². The zero-order chi connectivity index (χ0) is 8.10. The minimum Gasteiger partial charge on any atom is -0.478 e. The first-order valence-corrected chi connectivity index (χ1v) is 3.63. The van der Waals surface area contributed by atoms with Crippen LogP contribution in [0.25, 0.3) is 0 Å². The second kappa shape index (κ2) is 3.81. The van der Waals surface area contributed by atoms with Gasteiger partial charge in [0.2, 0.25) is 5.88 Å². The van der Waals surface area contributed by atoms with Gasteiger partial charge in [0.25, 0.3) is 0 Å². The molecule has 0 fully saturated rings. The van der Waals surface area contributed by atoms with Crippen LogP contribution in [0.4, 0.5) is 5.69 Å². The molecule has 0 amide bonds. The van der Waals surface area contributed by atoms with Crippen molar-refractivity contribution in [3.63, 3.8) is 0 Å². The van der Waals surface area contributed by atoms with E-state index in [1.54, 1.807) is 6.20 Å². The molecule has 0 aliphatic heterocycles. The average molecular weight is 152 g/mol. The minimum atomic E-state index is 0.653. The summed E-state index contributed by atoms with van der Waals surface area (Å²) in [5, 5.41) is 3.01. The van der Waals surface area contributed by atoms with E-state index in [9.17, 15) is 0 Å². The molecule has 0 saturated heterocycles. The summed E-state index contributed by atoms with van der Waals surface area (Å²) in [5.74, 6) is 0.666. The summed E-state index contributed by atoms with van der Waals surface area (Å²) in [4.78, 5) is 4.01. The van der Waals surface area contributed by atoms with Crippen molar-refractivity contribution in [2.75, 3.05) is 19.0 Å². The lowest BCUT2D eigenvalue weighted by Crippen LogP contribution is -1.95. The summed E-state index contributed by atoms with van der Waals surface area (Å²) in [7, 11) is 1.87. The Hall–Kier alpha value is -1.25. The van der Waals surface area contributed by atoms with Crippen LogP contribution >= 0.6 is 0 Å². The molecule has 1 aromatic heterocycles. The molecule has 11 heavy (non-hydrogen) atoms. The maximum atomic E-state index is 5.20. The Morgan fingerprint density at radius 1 is 1.64 bits per heavy atom. The monoisotopic (exact) mass is 152 g/mol. The summed E-state index contributed by atoms with van der Waals surface area (Å²) in [6.45, 7) is 2.59. The smallest absolute Gasteiger partial charge is 0.215 e. The van der Waals surface area contributed by atoms with Crippen molar-refractivity contribution in [2.45, 2.75) is 6.92 Å². The van der Waals surface area contributed by atoms with Crippen LogP contribution in [0.2, 0.25) is 0 Å². The molecule has 0 saturated carbocycles. The molecular formula is C8H12N2O. The van der Waals surface area contributed by atoms with Crippen molar-refractivity contribution in [2.24, 2.45) is 0 Å². The van der Waals surface area contributed by atoms with Gasteiger partial charge in [0.15, 0.2) is 0 Å². The lowest BCUT2D eigenvalue weighted by Gasteiger charge is -2.03. The molecule has 0 atom stereocenters. The molecule has 3 nitrogen and oxygen atoms in total. The first kappa shape index (κ1) is 7.85. The highest BCUT2D eigenvalue weighted by Crippen LogP contribution is 2.12. The van der Waals surface area contributed by atoms with Gasteiger partial charge in [0, 0.05) is 25.0 Å². The van der Waals surface area contributed by atoms with E-state index in [1.165, 1.54) is 0 Å². The van der Waals surface area contributed by atoms with Crippen molar-refractivity contribution in [1.29, 1.82) is 0 Å². The van der Waals surface area contributed by atoms with E-state index >= 15 is 0 Å². The molecule has 3 heteroatoms. The molecule has 0 spiro atoms. The Morgan fingerprint density at radius 3 is 3.09 bits per heavy atom. The van der Waals surface area contributed by atoms with Crippen LogP contribution in [0.1, 0.15) is 6.92 Å². The second-order valence-electron chi connectivity index (χ2n) is 2.07. The van der Waals surface area contributed by atoms with E-state index in [0.717, 1.165) is 5.69 Å². The summed E-state index contributed by atoms with van der Waals surface area (Å²) < 4.78 is 5.20. The van der Waals surface area contributed by atoms with Gasteiger partial charge >= 0.3 is 0 Å². The van der Waals surface area contributed by atoms with E-state index < -0.39 is 0 Å². The molecule has 1 N–H and O–H groups in total. The normalized spacial score (nSPS) is 9.27. The largest absolute Gasteiger partial charge is 0.478 e. The molecular weight excluding hydrogens is 140 g/mol. The first-order chi connectivity index (χ1) is 5.36. The number of rotatable bonds is 3. The summed E-state index contributed by atoms with van der Waals surface area (Å²) in [6, 6.07) is 3.76. The second-order valence-corrected chi connectivity index (χ2v) is 2.07. The van der Waals surface area contributed by atoms with E-state index in [4.69, 9.17) is 4.74 Å². The maximum absolute atomic E-state index is 5.20. The van der Waals surface area contributed by atoms with Crippen LogP contribution in [0, 0.1) is 0 Å². The van der Waals surface area contributed by atoms with Gasteiger partial charge in [-0.15, -0.1) is 0 Å². The number of hydrogen-bond acceptors (Lipinski definition) is 3. The van der Waals surface area contributed by atoms with Crippen LogP contribution in [0.5, 0.6) is 5.88 Å². The number of nitrogens with zero attached hydrogens (tertiary/aromatic N) is 1. The molecule has 0 aliphatic carbocycles. The predicted octanol–water partition coefficient (Wildman–Crippen LogP) is 1.52. The molecule has 60 valence electrons. The highest BCUT2D eigenvalue weighted by Gasteiger charge is 1.93. The fourth-order valence-corrected chi connectivity index (χ4v) is 0.792. The van der Waals surface area contributed by atoms with E-state index in [2.05, 4.69) is 10.3 Å². The number of anilines is 1. The molecule has 0 bridgehead atoms. The molecule has 1 aromatic rings. The number of pyridine rings is 1. The molecule has 0 aromatic carbocycles. The van der Waals surface area contributed by atoms with Gasteiger partial charge in [-0.25, -0.2) is 4.98 Å². The third kappa shape index (κ3) is 2.11. The molecule has 0 radical (unpaired) electrons. The number of nitrogens with one attached hydrogen (secondary N) is 1. The Kier molecular flexibility index (Phi) is 2.72. The minimum absolute atomic E-state index is 0.653. The maximum Gasteiger partial charge on any atom is 0.215 e. The van der Waals surface area contributed by atoms with Gasteiger partial charge in [0.05, 0.1) is 6.61 Å². The van der Waals surface area contributed by atoms with E-state index in [1.807, 2.05) is 26.1 Å². The van der Waals surface area contributed by atoms with Gasteiger partial charge in [-0.1, -0.05) is 0 Å². The van der Waals surface area contributed by atoms with Crippen LogP contribution in [-0.2, 0) is 0 Å². The van der Waals surface area contributed by atoms with Gasteiger partial charge < -0.3 is 10.1 Å². The quantitative estimate of drug-likeness (QED) is 0.713. The zero-order valence-electron chi connectivity index (χ0n) is 6.79. The zero-order valence-corrected chi connectivity index (χ0v) is 6.79. The van der Waals surface area contributed by atoms with E-state index in [0.29, 0.717) is 12.5 Å². The van der Waals surface area contributed by atoms with Crippen molar-refractivity contribution in [3.05, 3.63) is 18.3 Å². The fraction of sp³-hybridized carbons (Fsp3) is 0.375. The first-order valence-electron chi connectivity index (χ1n) is 3.63. The molecule has 1 heterocycles. The summed E-state index contributed by atoms with van der Waals surface area (Å²) in [5.41, 5.74) is 1.02. The van der Waals surface area contributed by atoms with Crippen molar-refractivity contribution in [1.82, 2.24) is 4.98 Å². The van der Waals surface area contributed by atoms with Crippen molar-refractivity contribution >= 4 is 5.69 Å². The van der Waals surface area contributed by atoms with Crippen LogP contribution in [0.3, 0.4) is 0 Å². The molecule has 1 rings (SSSR count). The van der Waals surface area contributed by atoms with Crippen LogP contribution in [0.15, 0.2) is 18.3 Å². The van der Waals surface area contributed by atoms with Gasteiger partial charge in [0.1, 0.15) is 0 Å². The summed E-state index contributed by atoms with van der Waals surface area (Å²) in [6.07, 6.45) is 1.72. The molecule has 0 aliphatic rings. The van der Waals surface area contributed by atoms with Gasteiger partial charge in [-0.05, 0) is 13.0 Å². The SMILES string of the molecule is CCOc1cc(NC)ccn1. The molecule has 0 unspecified atom stereocenters. The lowest BCUT2D eigenvalue weighted by atomic mass is 10.4. The van der Waals surface area contributed by atoms with Crippen molar-refractivity contribution < 1.29 is 4.74 Å². The summed E-state index contributed by atoms with van der Waals surface area (Å²) >= 11 is 0. The highest BCUT2D eigenvalue weighted by atomic mass is 16.5. The predicted molar refractivity (Wildman–Crippen MR) is 45.0 cm³/mol. The standard InChI is InChI=1S/C8H12N2O/c1-3-11-8-6-7(9-2)4-5-10-8/h4-6H,3H2,1-2H3,(H,9,10). The third-order valence-electron chi connectivity index (χ3n) is 1.32. The van der Waals surface area contributed by atoms with Crippen LogP contribution < -0.4 is 10.1 Å². The Morgan fingerprint density at radius 2 is 2.45 bits per heavy atom. The highest BCUT2D eigenvalue weighted by molar-refractivity contribution is 5.44. The Bertz CT molecular complexity index is 225. The fourth-order valence-electron chi connectivity index (χ4n) is 0.792. The Balaban J connectivity index is 2.74.